The van der Waals surface area contributed by atoms with Gasteiger partial charge in [0.15, 0.2) is 0 Å². The van der Waals surface area contributed by atoms with Gasteiger partial charge in [-0.15, -0.1) is 0 Å². The maximum Gasteiger partial charge on any atom is 0.130 e. The van der Waals surface area contributed by atoms with E-state index in [0.29, 0.717) is 18.7 Å². The van der Waals surface area contributed by atoms with Gasteiger partial charge in [0.1, 0.15) is 11.6 Å². The second-order valence-corrected chi connectivity index (χ2v) is 5.18. The van der Waals surface area contributed by atoms with Crippen molar-refractivity contribution in [3.63, 3.8) is 0 Å². The van der Waals surface area contributed by atoms with Gasteiger partial charge in [0.05, 0.1) is 0 Å². The second kappa shape index (κ2) is 5.21. The molecule has 0 bridgehead atoms. The molecule has 0 amide bonds. The van der Waals surface area contributed by atoms with Crippen molar-refractivity contribution in [3.8, 4) is 0 Å². The van der Waals surface area contributed by atoms with Crippen molar-refractivity contribution in [1.29, 1.82) is 0 Å². The van der Waals surface area contributed by atoms with Gasteiger partial charge < -0.3 is 5.73 Å². The number of benzene rings is 2. The van der Waals surface area contributed by atoms with E-state index in [1.54, 1.807) is 0 Å². The summed E-state index contributed by atoms with van der Waals surface area (Å²) < 4.78 is 26.6. The molecule has 2 aromatic carbocycles. The molecule has 0 unspecified atom stereocenters. The first kappa shape index (κ1) is 13.1. The van der Waals surface area contributed by atoms with Crippen LogP contribution in [0.1, 0.15) is 16.7 Å². The smallest absolute Gasteiger partial charge is 0.130 e. The van der Waals surface area contributed by atoms with Gasteiger partial charge in [0.25, 0.3) is 0 Å². The number of hydrogen-bond acceptors (Lipinski definition) is 2. The molecule has 1 aliphatic heterocycles. The summed E-state index contributed by atoms with van der Waals surface area (Å²) in [6.07, 6.45) is 0.906. The van der Waals surface area contributed by atoms with Crippen molar-refractivity contribution in [2.45, 2.75) is 19.5 Å². The Hall–Kier alpha value is -1.94. The summed E-state index contributed by atoms with van der Waals surface area (Å²) in [6.45, 7) is 2.03. The van der Waals surface area contributed by atoms with Gasteiger partial charge in [-0.25, -0.2) is 8.78 Å². The lowest BCUT2D eigenvalue weighted by Gasteiger charge is -2.29. The predicted octanol–water partition coefficient (Wildman–Crippen LogP) is 3.11. The van der Waals surface area contributed by atoms with Gasteiger partial charge in [-0.2, -0.15) is 0 Å². The van der Waals surface area contributed by atoms with Crippen LogP contribution in [0.2, 0.25) is 0 Å². The Bertz CT molecular complexity index is 640. The van der Waals surface area contributed by atoms with Crippen molar-refractivity contribution in [3.05, 3.63) is 64.7 Å². The maximum atomic E-state index is 13.7. The molecule has 2 N–H and O–H groups in total. The van der Waals surface area contributed by atoms with E-state index < -0.39 is 11.6 Å². The largest absolute Gasteiger partial charge is 0.398 e. The lowest BCUT2D eigenvalue weighted by Crippen LogP contribution is -2.31. The van der Waals surface area contributed by atoms with E-state index in [2.05, 4.69) is 11.0 Å². The van der Waals surface area contributed by atoms with Crippen molar-refractivity contribution in [2.24, 2.45) is 0 Å². The number of nitrogens with two attached hydrogens (primary N) is 1. The number of fused-ring (bicyclic) bond motifs is 1. The minimum absolute atomic E-state index is 0.472. The molecule has 1 heterocycles. The monoisotopic (exact) mass is 274 g/mol. The fourth-order valence-electron chi connectivity index (χ4n) is 2.69. The number of nitrogen functional groups attached to an aromatic ring is 1. The Labute approximate surface area is 116 Å². The van der Waals surface area contributed by atoms with E-state index in [-0.39, 0.29) is 0 Å². The van der Waals surface area contributed by atoms with Crippen molar-refractivity contribution < 1.29 is 8.78 Å². The highest BCUT2D eigenvalue weighted by atomic mass is 19.1. The first-order chi connectivity index (χ1) is 9.63. The van der Waals surface area contributed by atoms with E-state index in [0.717, 1.165) is 30.3 Å². The topological polar surface area (TPSA) is 29.3 Å². The van der Waals surface area contributed by atoms with Crippen LogP contribution in [0.15, 0.2) is 36.4 Å². The van der Waals surface area contributed by atoms with Crippen LogP contribution in [0.3, 0.4) is 0 Å². The highest BCUT2D eigenvalue weighted by molar-refractivity contribution is 5.51. The first-order valence-corrected chi connectivity index (χ1v) is 6.66. The van der Waals surface area contributed by atoms with Gasteiger partial charge in [0.2, 0.25) is 0 Å². The third kappa shape index (κ3) is 2.51. The minimum Gasteiger partial charge on any atom is -0.398 e. The SMILES string of the molecule is Nc1cccc2c1CN(Cc1ccc(F)cc1F)CC2. The molecule has 2 nitrogen and oxygen atoms in total. The normalized spacial score (nSPS) is 15.1. The zero-order chi connectivity index (χ0) is 14.1. The van der Waals surface area contributed by atoms with Crippen LogP contribution >= 0.6 is 0 Å². The summed E-state index contributed by atoms with van der Waals surface area (Å²) in [4.78, 5) is 2.13. The summed E-state index contributed by atoms with van der Waals surface area (Å²) in [7, 11) is 0. The average molecular weight is 274 g/mol. The number of anilines is 1. The predicted molar refractivity (Wildman–Crippen MR) is 75.0 cm³/mol. The molecule has 0 spiro atoms. The molecular weight excluding hydrogens is 258 g/mol. The number of hydrogen-bond donors (Lipinski definition) is 1. The highest BCUT2D eigenvalue weighted by Gasteiger charge is 2.19. The van der Waals surface area contributed by atoms with Crippen LogP contribution in [0.5, 0.6) is 0 Å². The summed E-state index contributed by atoms with van der Waals surface area (Å²) in [6, 6.07) is 9.67. The standard InChI is InChI=1S/C16H16F2N2/c17-13-5-4-12(15(18)8-13)9-20-7-6-11-2-1-3-16(19)14(11)10-20/h1-5,8H,6-7,9-10,19H2. The Morgan fingerprint density at radius 3 is 2.80 bits per heavy atom. The van der Waals surface area contributed by atoms with Crippen LogP contribution in [0.4, 0.5) is 14.5 Å². The Kier molecular flexibility index (Phi) is 3.40. The van der Waals surface area contributed by atoms with E-state index in [9.17, 15) is 8.78 Å². The summed E-state index contributed by atoms with van der Waals surface area (Å²) in [5.74, 6) is -1.03. The molecule has 0 atom stereocenters. The number of halogens is 2. The lowest BCUT2D eigenvalue weighted by atomic mass is 9.98. The van der Waals surface area contributed by atoms with Crippen molar-refractivity contribution in [1.82, 2.24) is 4.90 Å². The lowest BCUT2D eigenvalue weighted by molar-refractivity contribution is 0.242. The van der Waals surface area contributed by atoms with E-state index in [4.69, 9.17) is 5.73 Å². The molecule has 0 aromatic heterocycles. The Balaban J connectivity index is 1.79. The van der Waals surface area contributed by atoms with Crippen molar-refractivity contribution >= 4 is 5.69 Å². The zero-order valence-corrected chi connectivity index (χ0v) is 11.1. The van der Waals surface area contributed by atoms with Crippen LogP contribution in [0, 0.1) is 11.6 Å². The van der Waals surface area contributed by atoms with Gasteiger partial charge >= 0.3 is 0 Å². The molecule has 4 heteroatoms. The molecule has 2 aromatic rings. The molecule has 104 valence electrons. The molecule has 20 heavy (non-hydrogen) atoms. The van der Waals surface area contributed by atoms with E-state index in [1.165, 1.54) is 17.7 Å². The van der Waals surface area contributed by atoms with E-state index in [1.807, 2.05) is 12.1 Å². The molecule has 3 rings (SSSR count). The van der Waals surface area contributed by atoms with Crippen LogP contribution in [-0.2, 0) is 19.5 Å². The number of rotatable bonds is 2. The minimum atomic E-state index is -0.542. The zero-order valence-electron chi connectivity index (χ0n) is 11.1. The molecule has 0 aliphatic carbocycles. The molecule has 0 saturated heterocycles. The van der Waals surface area contributed by atoms with Gasteiger partial charge in [-0.05, 0) is 29.7 Å². The quantitative estimate of drug-likeness (QED) is 0.853. The van der Waals surface area contributed by atoms with Crippen LogP contribution in [0.25, 0.3) is 0 Å². The Morgan fingerprint density at radius 2 is 2.00 bits per heavy atom. The summed E-state index contributed by atoms with van der Waals surface area (Å²) >= 11 is 0. The fourth-order valence-corrected chi connectivity index (χ4v) is 2.69. The number of nitrogens with zero attached hydrogens (tertiary/aromatic N) is 1. The fraction of sp³-hybridized carbons (Fsp3) is 0.250. The average Bonchev–Trinajstić information content (AvgIpc) is 2.43. The van der Waals surface area contributed by atoms with Crippen LogP contribution in [-0.4, -0.2) is 11.4 Å². The summed E-state index contributed by atoms with van der Waals surface area (Å²) in [5.41, 5.74) is 9.69. The third-order valence-electron chi connectivity index (χ3n) is 3.80. The third-order valence-corrected chi connectivity index (χ3v) is 3.80. The molecule has 0 saturated carbocycles. The molecule has 0 fully saturated rings. The molecular formula is C16H16F2N2. The van der Waals surface area contributed by atoms with E-state index >= 15 is 0 Å². The molecule has 0 radical (unpaired) electrons. The van der Waals surface area contributed by atoms with Gasteiger partial charge in [-0.1, -0.05) is 18.2 Å². The van der Waals surface area contributed by atoms with Gasteiger partial charge in [-0.3, -0.25) is 4.90 Å². The second-order valence-electron chi connectivity index (χ2n) is 5.18. The van der Waals surface area contributed by atoms with Crippen molar-refractivity contribution in [2.75, 3.05) is 12.3 Å². The highest BCUT2D eigenvalue weighted by Crippen LogP contribution is 2.25. The molecule has 1 aliphatic rings. The maximum absolute atomic E-state index is 13.7. The summed E-state index contributed by atoms with van der Waals surface area (Å²) in [5, 5.41) is 0. The first-order valence-electron chi connectivity index (χ1n) is 6.66. The van der Waals surface area contributed by atoms with Gasteiger partial charge in [0, 0.05) is 37.0 Å². The Morgan fingerprint density at radius 1 is 1.15 bits per heavy atom. The van der Waals surface area contributed by atoms with Crippen LogP contribution < -0.4 is 5.73 Å².